The van der Waals surface area contributed by atoms with Crippen LogP contribution in [0.4, 0.5) is 15.8 Å². The summed E-state index contributed by atoms with van der Waals surface area (Å²) in [4.78, 5) is 4.41. The monoisotopic (exact) mass is 281 g/mol. The van der Waals surface area contributed by atoms with Crippen molar-refractivity contribution in [2.24, 2.45) is 0 Å². The lowest BCUT2D eigenvalue weighted by atomic mass is 10.1. The second kappa shape index (κ2) is 5.55. The summed E-state index contributed by atoms with van der Waals surface area (Å²) >= 11 is 0. The van der Waals surface area contributed by atoms with E-state index in [1.807, 2.05) is 18.2 Å². The molecule has 3 rings (SSSR count). The summed E-state index contributed by atoms with van der Waals surface area (Å²) in [5.41, 5.74) is 3.85. The maximum Gasteiger partial charge on any atom is 0.123 e. The highest BCUT2D eigenvalue weighted by Crippen LogP contribution is 2.32. The molecule has 0 aliphatic carbocycles. The molecule has 1 heterocycles. The predicted octanol–water partition coefficient (Wildman–Crippen LogP) is 3.28. The zero-order valence-corrected chi connectivity index (χ0v) is 11.9. The maximum atomic E-state index is 13.1. The molecule has 2 aromatic carbocycles. The van der Waals surface area contributed by atoms with Crippen LogP contribution in [-0.2, 0) is 6.54 Å². The molecule has 1 aliphatic rings. The zero-order chi connectivity index (χ0) is 14.8. The van der Waals surface area contributed by atoms with Crippen LogP contribution in [0.3, 0.4) is 0 Å². The zero-order valence-electron chi connectivity index (χ0n) is 11.9. The van der Waals surface area contributed by atoms with Gasteiger partial charge < -0.3 is 9.80 Å². The smallest absolute Gasteiger partial charge is 0.123 e. The van der Waals surface area contributed by atoms with Gasteiger partial charge in [-0.1, -0.05) is 0 Å². The summed E-state index contributed by atoms with van der Waals surface area (Å²) in [6.45, 7) is 2.55. The summed E-state index contributed by atoms with van der Waals surface area (Å²) in [5.74, 6) is -0.231. The van der Waals surface area contributed by atoms with Gasteiger partial charge in [-0.15, -0.1) is 0 Å². The summed E-state index contributed by atoms with van der Waals surface area (Å²) < 4.78 is 13.1. The van der Waals surface area contributed by atoms with E-state index >= 15 is 0 Å². The van der Waals surface area contributed by atoms with Crippen molar-refractivity contribution in [2.45, 2.75) is 6.54 Å². The Balaban J connectivity index is 2.07. The van der Waals surface area contributed by atoms with Gasteiger partial charge in [-0.2, -0.15) is 5.26 Å². The van der Waals surface area contributed by atoms with Gasteiger partial charge in [0.2, 0.25) is 0 Å². The lowest BCUT2D eigenvalue weighted by molar-refractivity contribution is 0.343. The first-order valence-corrected chi connectivity index (χ1v) is 6.92. The fourth-order valence-corrected chi connectivity index (χ4v) is 2.70. The highest BCUT2D eigenvalue weighted by Gasteiger charge is 2.19. The predicted molar refractivity (Wildman–Crippen MR) is 80.9 cm³/mol. The van der Waals surface area contributed by atoms with Crippen LogP contribution < -0.4 is 4.90 Å². The number of anilines is 2. The van der Waals surface area contributed by atoms with Crippen LogP contribution in [0.15, 0.2) is 42.5 Å². The molecule has 1 aliphatic heterocycles. The number of halogens is 1. The van der Waals surface area contributed by atoms with Crippen LogP contribution in [0.2, 0.25) is 0 Å². The molecular weight excluding hydrogens is 265 g/mol. The van der Waals surface area contributed by atoms with Gasteiger partial charge in [-0.05, 0) is 55.1 Å². The molecule has 3 nitrogen and oxygen atoms in total. The van der Waals surface area contributed by atoms with Crippen molar-refractivity contribution in [3.63, 3.8) is 0 Å². The minimum Gasteiger partial charge on any atom is -0.340 e. The van der Waals surface area contributed by atoms with E-state index in [1.165, 1.54) is 12.1 Å². The average Bonchev–Trinajstić information content (AvgIpc) is 2.65. The highest BCUT2D eigenvalue weighted by atomic mass is 19.1. The molecule has 0 saturated heterocycles. The number of fused-ring (bicyclic) bond motifs is 1. The Morgan fingerprint density at radius 1 is 1.10 bits per heavy atom. The third kappa shape index (κ3) is 2.74. The van der Waals surface area contributed by atoms with Crippen LogP contribution in [0.1, 0.15) is 11.1 Å². The number of nitrogens with zero attached hydrogens (tertiary/aromatic N) is 3. The van der Waals surface area contributed by atoms with E-state index in [4.69, 9.17) is 5.26 Å². The molecule has 0 aromatic heterocycles. The standard InChI is InChI=1S/C17H16FN3/c1-20-8-9-21(16-5-3-15(18)4-6-16)17-7-2-13(11-19)10-14(17)12-20/h2-7,10H,8-9,12H2,1H3. The second-order valence-corrected chi connectivity index (χ2v) is 5.32. The van der Waals surface area contributed by atoms with Crippen molar-refractivity contribution >= 4 is 11.4 Å². The van der Waals surface area contributed by atoms with Gasteiger partial charge in [-0.25, -0.2) is 4.39 Å². The van der Waals surface area contributed by atoms with Gasteiger partial charge in [0.05, 0.1) is 11.6 Å². The Kier molecular flexibility index (Phi) is 3.59. The van der Waals surface area contributed by atoms with Gasteiger partial charge in [0.1, 0.15) is 5.82 Å². The number of nitriles is 1. The number of benzene rings is 2. The third-order valence-corrected chi connectivity index (χ3v) is 3.78. The van der Waals surface area contributed by atoms with Crippen molar-refractivity contribution < 1.29 is 4.39 Å². The van der Waals surface area contributed by atoms with Crippen molar-refractivity contribution in [3.8, 4) is 6.07 Å². The largest absolute Gasteiger partial charge is 0.340 e. The second-order valence-electron chi connectivity index (χ2n) is 5.32. The van der Waals surface area contributed by atoms with E-state index < -0.39 is 0 Å². The summed E-state index contributed by atoms with van der Waals surface area (Å²) in [6.07, 6.45) is 0. The van der Waals surface area contributed by atoms with Crippen LogP contribution in [-0.4, -0.2) is 25.0 Å². The third-order valence-electron chi connectivity index (χ3n) is 3.78. The molecule has 21 heavy (non-hydrogen) atoms. The Hall–Kier alpha value is -2.38. The number of hydrogen-bond donors (Lipinski definition) is 0. The van der Waals surface area contributed by atoms with Crippen molar-refractivity contribution in [1.29, 1.82) is 5.26 Å². The molecule has 4 heteroatoms. The molecule has 2 aromatic rings. The first-order valence-electron chi connectivity index (χ1n) is 6.92. The van der Waals surface area contributed by atoms with Crippen molar-refractivity contribution in [1.82, 2.24) is 4.90 Å². The molecule has 0 fully saturated rings. The van der Waals surface area contributed by atoms with E-state index in [0.717, 1.165) is 36.6 Å². The van der Waals surface area contributed by atoms with E-state index in [-0.39, 0.29) is 5.82 Å². The highest BCUT2D eigenvalue weighted by molar-refractivity contribution is 5.68. The van der Waals surface area contributed by atoms with Crippen molar-refractivity contribution in [3.05, 3.63) is 59.4 Å². The number of likely N-dealkylation sites (N-methyl/N-ethyl adjacent to an activating group) is 1. The lowest BCUT2D eigenvalue weighted by Crippen LogP contribution is -2.26. The molecule has 0 bridgehead atoms. The van der Waals surface area contributed by atoms with Gasteiger partial charge in [0, 0.05) is 31.0 Å². The summed E-state index contributed by atoms with van der Waals surface area (Å²) in [7, 11) is 2.07. The van der Waals surface area contributed by atoms with Crippen LogP contribution >= 0.6 is 0 Å². The summed E-state index contributed by atoms with van der Waals surface area (Å²) in [6, 6.07) is 14.5. The first kappa shape index (κ1) is 13.6. The Morgan fingerprint density at radius 2 is 1.86 bits per heavy atom. The van der Waals surface area contributed by atoms with Gasteiger partial charge in [0.15, 0.2) is 0 Å². The SMILES string of the molecule is CN1CCN(c2ccc(F)cc2)c2ccc(C#N)cc2C1. The number of rotatable bonds is 1. The molecule has 0 saturated carbocycles. The minimum absolute atomic E-state index is 0.231. The minimum atomic E-state index is -0.231. The maximum absolute atomic E-state index is 13.1. The average molecular weight is 281 g/mol. The fourth-order valence-electron chi connectivity index (χ4n) is 2.70. The number of hydrogen-bond acceptors (Lipinski definition) is 3. The topological polar surface area (TPSA) is 30.3 Å². The molecule has 0 spiro atoms. The Bertz CT molecular complexity index is 688. The molecule has 0 amide bonds. The molecule has 106 valence electrons. The molecular formula is C17H16FN3. The van der Waals surface area contributed by atoms with Gasteiger partial charge in [-0.3, -0.25) is 0 Å². The summed E-state index contributed by atoms with van der Waals surface area (Å²) in [5, 5.41) is 9.07. The van der Waals surface area contributed by atoms with Gasteiger partial charge in [0.25, 0.3) is 0 Å². The van der Waals surface area contributed by atoms with Crippen LogP contribution in [0.5, 0.6) is 0 Å². The quantitative estimate of drug-likeness (QED) is 0.803. The van der Waals surface area contributed by atoms with E-state index in [1.54, 1.807) is 12.1 Å². The van der Waals surface area contributed by atoms with E-state index in [2.05, 4.69) is 22.9 Å². The molecule has 0 atom stereocenters. The molecule has 0 radical (unpaired) electrons. The Morgan fingerprint density at radius 3 is 2.57 bits per heavy atom. The Labute approximate surface area is 123 Å². The lowest BCUT2D eigenvalue weighted by Gasteiger charge is -2.25. The van der Waals surface area contributed by atoms with E-state index in [0.29, 0.717) is 5.56 Å². The van der Waals surface area contributed by atoms with Crippen LogP contribution in [0.25, 0.3) is 0 Å². The fraction of sp³-hybridized carbons (Fsp3) is 0.235. The molecule has 0 unspecified atom stereocenters. The van der Waals surface area contributed by atoms with Crippen molar-refractivity contribution in [2.75, 3.05) is 25.0 Å². The van der Waals surface area contributed by atoms with Gasteiger partial charge >= 0.3 is 0 Å². The van der Waals surface area contributed by atoms with E-state index in [9.17, 15) is 4.39 Å². The normalized spacial score (nSPS) is 15.2. The first-order chi connectivity index (χ1) is 10.2. The molecule has 0 N–H and O–H groups in total. The van der Waals surface area contributed by atoms with Crippen LogP contribution in [0, 0.1) is 17.1 Å².